The van der Waals surface area contributed by atoms with Crippen LogP contribution in [0.15, 0.2) is 33.5 Å². The van der Waals surface area contributed by atoms with Crippen LogP contribution in [0.4, 0.5) is 0 Å². The molecule has 4 rings (SSSR count). The van der Waals surface area contributed by atoms with E-state index in [4.69, 9.17) is 18.6 Å². The van der Waals surface area contributed by atoms with Gasteiger partial charge in [0.2, 0.25) is 11.7 Å². The van der Waals surface area contributed by atoms with Crippen LogP contribution in [0, 0.1) is 0 Å². The maximum Gasteiger partial charge on any atom is 0.229 e. The molecule has 3 aromatic rings. The van der Waals surface area contributed by atoms with Gasteiger partial charge in [-0.2, -0.15) is 0 Å². The lowest BCUT2D eigenvalue weighted by atomic mass is 9.99. The maximum atomic E-state index is 12.9. The zero-order valence-corrected chi connectivity index (χ0v) is 16.1. The maximum absolute atomic E-state index is 12.9. The average molecular weight is 436 g/mol. The summed E-state index contributed by atoms with van der Waals surface area (Å²) in [5.74, 6) is -0.815. The highest BCUT2D eigenvalue weighted by Gasteiger charge is 2.44. The molecule has 1 aliphatic rings. The van der Waals surface area contributed by atoms with Crippen molar-refractivity contribution in [3.63, 3.8) is 0 Å². The third kappa shape index (κ3) is 3.42. The molecule has 0 aliphatic carbocycles. The van der Waals surface area contributed by atoms with Crippen LogP contribution in [0.5, 0.6) is 23.0 Å². The van der Waals surface area contributed by atoms with Gasteiger partial charge in [-0.05, 0) is 12.1 Å². The van der Waals surface area contributed by atoms with Crippen LogP contribution in [-0.4, -0.2) is 75.1 Å². The van der Waals surface area contributed by atoms with Crippen LogP contribution < -0.4 is 14.9 Å². The minimum atomic E-state index is -1.67. The summed E-state index contributed by atoms with van der Waals surface area (Å²) in [5.41, 5.74) is -0.866. The van der Waals surface area contributed by atoms with E-state index in [1.807, 2.05) is 0 Å². The highest BCUT2D eigenvalue weighted by Crippen LogP contribution is 2.37. The summed E-state index contributed by atoms with van der Waals surface area (Å²) in [6, 6.07) is 4.96. The number of aliphatic hydroxyl groups excluding tert-OH is 4. The number of phenols is 2. The van der Waals surface area contributed by atoms with Crippen LogP contribution in [-0.2, 0) is 4.74 Å². The molecule has 6 N–H and O–H groups in total. The van der Waals surface area contributed by atoms with Crippen molar-refractivity contribution in [1.29, 1.82) is 0 Å². The Morgan fingerprint density at radius 3 is 2.42 bits per heavy atom. The molecule has 0 saturated carbocycles. The lowest BCUT2D eigenvalue weighted by Crippen LogP contribution is -2.60. The highest BCUT2D eigenvalue weighted by molar-refractivity contribution is 5.98. The summed E-state index contributed by atoms with van der Waals surface area (Å²) in [5, 5.41) is 59.3. The molecule has 0 radical (unpaired) electrons. The van der Waals surface area contributed by atoms with E-state index in [0.29, 0.717) is 0 Å². The van der Waals surface area contributed by atoms with Gasteiger partial charge in [-0.25, -0.2) is 0 Å². The summed E-state index contributed by atoms with van der Waals surface area (Å²) in [7, 11) is 1.35. The van der Waals surface area contributed by atoms with E-state index in [9.17, 15) is 35.4 Å². The van der Waals surface area contributed by atoms with E-state index in [1.54, 1.807) is 0 Å². The van der Waals surface area contributed by atoms with Crippen molar-refractivity contribution < 1.29 is 49.3 Å². The number of ether oxygens (including phenoxy) is 3. The summed E-state index contributed by atoms with van der Waals surface area (Å²) in [4.78, 5) is 12.9. The van der Waals surface area contributed by atoms with Crippen molar-refractivity contribution in [2.45, 2.75) is 30.7 Å². The first kappa shape index (κ1) is 21.2. The molecule has 1 fully saturated rings. The van der Waals surface area contributed by atoms with Gasteiger partial charge >= 0.3 is 0 Å². The number of phenolic OH excluding ortho intramolecular Hbond substituents is 2. The van der Waals surface area contributed by atoms with Crippen molar-refractivity contribution in [2.24, 2.45) is 0 Å². The quantitative estimate of drug-likeness (QED) is 0.292. The summed E-state index contributed by atoms with van der Waals surface area (Å²) in [6.45, 7) is -0.641. The van der Waals surface area contributed by atoms with Gasteiger partial charge in [-0.15, -0.1) is 0 Å². The van der Waals surface area contributed by atoms with Crippen molar-refractivity contribution in [3.05, 3.63) is 34.5 Å². The van der Waals surface area contributed by atoms with Gasteiger partial charge < -0.3 is 49.3 Å². The Bertz CT molecular complexity index is 1190. The Labute approximate surface area is 173 Å². The second-order valence-corrected chi connectivity index (χ2v) is 7.05. The number of aliphatic hydroxyl groups is 4. The Morgan fingerprint density at radius 1 is 1.00 bits per heavy atom. The minimum absolute atomic E-state index is 0.0515. The van der Waals surface area contributed by atoms with Gasteiger partial charge in [0, 0.05) is 12.1 Å². The first-order valence-electron chi connectivity index (χ1n) is 9.23. The molecular formula is C20H20O11. The molecule has 5 atom stereocenters. The molecule has 11 heteroatoms. The molecule has 0 unspecified atom stereocenters. The van der Waals surface area contributed by atoms with Gasteiger partial charge in [0.05, 0.1) is 13.7 Å². The van der Waals surface area contributed by atoms with E-state index in [0.717, 1.165) is 6.07 Å². The van der Waals surface area contributed by atoms with Crippen molar-refractivity contribution in [1.82, 2.24) is 0 Å². The lowest BCUT2D eigenvalue weighted by Gasteiger charge is -2.39. The molecule has 0 spiro atoms. The first-order chi connectivity index (χ1) is 14.8. The fraction of sp³-hybridized carbons (Fsp3) is 0.350. The molecule has 0 amide bonds. The normalized spacial score (nSPS) is 26.3. The van der Waals surface area contributed by atoms with E-state index in [2.05, 4.69) is 0 Å². The molecule has 166 valence electrons. The molecule has 1 saturated heterocycles. The Hall–Kier alpha value is -3.09. The summed E-state index contributed by atoms with van der Waals surface area (Å²) >= 11 is 0. The monoisotopic (exact) mass is 436 g/mol. The highest BCUT2D eigenvalue weighted by atomic mass is 16.7. The number of aromatic hydroxyl groups is 2. The number of methoxy groups -OCH3 is 1. The number of fused-ring (bicyclic) bond motifs is 2. The zero-order valence-electron chi connectivity index (χ0n) is 16.1. The van der Waals surface area contributed by atoms with Crippen LogP contribution in [0.2, 0.25) is 0 Å². The molecule has 1 aliphatic heterocycles. The molecule has 31 heavy (non-hydrogen) atoms. The fourth-order valence-electron chi connectivity index (χ4n) is 3.52. The topological polar surface area (TPSA) is 179 Å². The Balaban J connectivity index is 1.80. The van der Waals surface area contributed by atoms with Gasteiger partial charge in [0.25, 0.3) is 0 Å². The van der Waals surface area contributed by atoms with Crippen molar-refractivity contribution in [3.8, 4) is 23.0 Å². The van der Waals surface area contributed by atoms with Crippen molar-refractivity contribution >= 4 is 21.9 Å². The Morgan fingerprint density at radius 2 is 1.74 bits per heavy atom. The molecule has 2 heterocycles. The van der Waals surface area contributed by atoms with Gasteiger partial charge in [-0.3, -0.25) is 4.79 Å². The van der Waals surface area contributed by atoms with Gasteiger partial charge in [0.1, 0.15) is 58.0 Å². The summed E-state index contributed by atoms with van der Waals surface area (Å²) in [6.07, 6.45) is -7.57. The first-order valence-corrected chi connectivity index (χ1v) is 9.23. The Kier molecular flexibility index (Phi) is 5.37. The third-order valence-corrected chi connectivity index (χ3v) is 5.14. The number of hydrogen-bond acceptors (Lipinski definition) is 11. The van der Waals surface area contributed by atoms with Crippen LogP contribution in [0.3, 0.4) is 0 Å². The summed E-state index contributed by atoms with van der Waals surface area (Å²) < 4.78 is 21.6. The largest absolute Gasteiger partial charge is 0.507 e. The number of rotatable bonds is 4. The van der Waals surface area contributed by atoms with Crippen LogP contribution >= 0.6 is 0 Å². The predicted octanol–water partition coefficient (Wildman–Crippen LogP) is -0.455. The van der Waals surface area contributed by atoms with E-state index in [-0.39, 0.29) is 39.2 Å². The van der Waals surface area contributed by atoms with Crippen LogP contribution in [0.1, 0.15) is 0 Å². The standard InChI is InChI=1S/C20H20O11/c1-28-10-3-2-8(22)14-16(25)13-9(23)4-7(5-11(13)30-19(10)14)29-20-18(27)17(26)15(24)12(6-21)31-20/h2-5,12,15,17-18,20-24,26-27H,6H2,1H3/t12-,15-,17-,18-,20-/m0/s1. The average Bonchev–Trinajstić information content (AvgIpc) is 2.74. The minimum Gasteiger partial charge on any atom is -0.507 e. The van der Waals surface area contributed by atoms with E-state index < -0.39 is 48.5 Å². The molecule has 1 aromatic heterocycles. The van der Waals surface area contributed by atoms with Crippen LogP contribution in [0.25, 0.3) is 21.9 Å². The lowest BCUT2D eigenvalue weighted by molar-refractivity contribution is -0.277. The van der Waals surface area contributed by atoms with Crippen molar-refractivity contribution in [2.75, 3.05) is 13.7 Å². The molecule has 11 nitrogen and oxygen atoms in total. The van der Waals surface area contributed by atoms with E-state index in [1.165, 1.54) is 25.3 Å². The SMILES string of the molecule is COc1ccc(O)c2c(=O)c3c(O)cc(O[C@H]4O[C@@H](CO)[C@H](O)[C@H](O)[C@@H]4O)cc3oc12. The molecular weight excluding hydrogens is 416 g/mol. The molecule has 0 bridgehead atoms. The third-order valence-electron chi connectivity index (χ3n) is 5.14. The smallest absolute Gasteiger partial charge is 0.229 e. The van der Waals surface area contributed by atoms with E-state index >= 15 is 0 Å². The second-order valence-electron chi connectivity index (χ2n) is 7.05. The van der Waals surface area contributed by atoms with Gasteiger partial charge in [-0.1, -0.05) is 0 Å². The van der Waals surface area contributed by atoms with Gasteiger partial charge in [0.15, 0.2) is 11.3 Å². The fourth-order valence-corrected chi connectivity index (χ4v) is 3.52. The predicted molar refractivity (Wildman–Crippen MR) is 104 cm³/mol. The zero-order chi connectivity index (χ0) is 22.4. The number of benzene rings is 2. The second kappa shape index (κ2) is 7.87. The number of hydrogen-bond donors (Lipinski definition) is 6. The molecule has 2 aromatic carbocycles.